The van der Waals surface area contributed by atoms with Gasteiger partial charge in [0, 0.05) is 6.04 Å². The molecule has 1 unspecified atom stereocenters. The molecular formula is C16H27NO. The van der Waals surface area contributed by atoms with Crippen molar-refractivity contribution in [1.29, 1.82) is 0 Å². The molecule has 0 aromatic heterocycles. The van der Waals surface area contributed by atoms with Gasteiger partial charge >= 0.3 is 0 Å². The average molecular weight is 249 g/mol. The zero-order valence-electron chi connectivity index (χ0n) is 12.4. The van der Waals surface area contributed by atoms with Crippen LogP contribution < -0.4 is 10.1 Å². The molecular weight excluding hydrogens is 222 g/mol. The van der Waals surface area contributed by atoms with Gasteiger partial charge in [-0.25, -0.2) is 0 Å². The molecule has 2 nitrogen and oxygen atoms in total. The first-order valence-corrected chi connectivity index (χ1v) is 6.75. The van der Waals surface area contributed by atoms with Gasteiger partial charge < -0.3 is 10.1 Å². The van der Waals surface area contributed by atoms with E-state index in [1.165, 1.54) is 18.4 Å². The topological polar surface area (TPSA) is 21.3 Å². The Kier molecular flexibility index (Phi) is 5.67. The molecule has 0 aliphatic heterocycles. The summed E-state index contributed by atoms with van der Waals surface area (Å²) in [7, 11) is 3.77. The normalized spacial score (nSPS) is 13.4. The Morgan fingerprint density at radius 2 is 2.00 bits per heavy atom. The van der Waals surface area contributed by atoms with Crippen LogP contribution in [0.1, 0.15) is 39.2 Å². The average Bonchev–Trinajstić information content (AvgIpc) is 2.33. The van der Waals surface area contributed by atoms with Gasteiger partial charge in [0.1, 0.15) is 5.75 Å². The summed E-state index contributed by atoms with van der Waals surface area (Å²) >= 11 is 0. The molecule has 0 aliphatic carbocycles. The molecule has 1 atom stereocenters. The Hall–Kier alpha value is -1.02. The molecule has 0 bridgehead atoms. The Balaban J connectivity index is 2.56. The van der Waals surface area contributed by atoms with Gasteiger partial charge in [0.05, 0.1) is 7.11 Å². The maximum atomic E-state index is 5.26. The first-order chi connectivity index (χ1) is 8.44. The number of hydrogen-bond acceptors (Lipinski definition) is 2. The number of benzene rings is 1. The monoisotopic (exact) mass is 249 g/mol. The van der Waals surface area contributed by atoms with E-state index in [1.807, 2.05) is 13.1 Å². The highest BCUT2D eigenvalue weighted by molar-refractivity contribution is 5.28. The predicted octanol–water partition coefficient (Wildman–Crippen LogP) is 3.65. The van der Waals surface area contributed by atoms with Crippen molar-refractivity contribution < 1.29 is 4.74 Å². The molecule has 1 rings (SSSR count). The van der Waals surface area contributed by atoms with Crippen molar-refractivity contribution >= 4 is 0 Å². The second kappa shape index (κ2) is 6.79. The van der Waals surface area contributed by atoms with Gasteiger partial charge in [0.25, 0.3) is 0 Å². The fraction of sp³-hybridized carbons (Fsp3) is 0.625. The van der Waals surface area contributed by atoms with Gasteiger partial charge in [-0.05, 0) is 49.4 Å². The first-order valence-electron chi connectivity index (χ1n) is 6.75. The van der Waals surface area contributed by atoms with E-state index >= 15 is 0 Å². The summed E-state index contributed by atoms with van der Waals surface area (Å²) in [5, 5.41) is 3.42. The largest absolute Gasteiger partial charge is 0.497 e. The number of likely N-dealkylation sites (N-methyl/N-ethyl adjacent to an activating group) is 1. The summed E-state index contributed by atoms with van der Waals surface area (Å²) in [5.41, 5.74) is 1.74. The van der Waals surface area contributed by atoms with Crippen LogP contribution in [-0.2, 0) is 6.42 Å². The van der Waals surface area contributed by atoms with Crippen LogP contribution >= 0.6 is 0 Å². The zero-order chi connectivity index (χ0) is 13.6. The van der Waals surface area contributed by atoms with Crippen LogP contribution in [0.15, 0.2) is 24.3 Å². The molecule has 18 heavy (non-hydrogen) atoms. The highest BCUT2D eigenvalue weighted by atomic mass is 16.5. The third kappa shape index (κ3) is 5.54. The van der Waals surface area contributed by atoms with E-state index in [2.05, 4.69) is 44.3 Å². The second-order valence-corrected chi connectivity index (χ2v) is 6.14. The lowest BCUT2D eigenvalue weighted by Crippen LogP contribution is -2.28. The maximum Gasteiger partial charge on any atom is 0.119 e. The van der Waals surface area contributed by atoms with E-state index in [-0.39, 0.29) is 0 Å². The summed E-state index contributed by atoms with van der Waals surface area (Å²) < 4.78 is 5.26. The molecule has 0 fully saturated rings. The molecule has 0 aliphatic rings. The van der Waals surface area contributed by atoms with Crippen LogP contribution in [0.2, 0.25) is 0 Å². The van der Waals surface area contributed by atoms with Crippen molar-refractivity contribution in [3.63, 3.8) is 0 Å². The summed E-state index contributed by atoms with van der Waals surface area (Å²) in [4.78, 5) is 0. The Labute approximate surface area is 112 Å². The van der Waals surface area contributed by atoms with Crippen LogP contribution in [-0.4, -0.2) is 20.2 Å². The molecule has 0 saturated heterocycles. The van der Waals surface area contributed by atoms with Gasteiger partial charge in [-0.2, -0.15) is 0 Å². The van der Waals surface area contributed by atoms with Gasteiger partial charge in [-0.15, -0.1) is 0 Å². The van der Waals surface area contributed by atoms with Crippen molar-refractivity contribution in [2.45, 2.75) is 46.1 Å². The summed E-state index contributed by atoms with van der Waals surface area (Å²) in [6.07, 6.45) is 3.50. The molecule has 0 saturated carbocycles. The fourth-order valence-electron chi connectivity index (χ4n) is 2.04. The number of rotatable bonds is 6. The SMILES string of the molecule is CNC(CCC(C)(C)C)Cc1cccc(OC)c1. The van der Waals surface area contributed by atoms with E-state index in [9.17, 15) is 0 Å². The highest BCUT2D eigenvalue weighted by Crippen LogP contribution is 2.23. The Morgan fingerprint density at radius 3 is 2.56 bits per heavy atom. The molecule has 1 aromatic rings. The van der Waals surface area contributed by atoms with Crippen molar-refractivity contribution in [3.05, 3.63) is 29.8 Å². The standard InChI is InChI=1S/C16H27NO/c1-16(2,3)10-9-14(17-4)11-13-7-6-8-15(12-13)18-5/h6-8,12,14,17H,9-11H2,1-5H3. The van der Waals surface area contributed by atoms with Crippen LogP contribution in [0.4, 0.5) is 0 Å². The van der Waals surface area contributed by atoms with Crippen molar-refractivity contribution in [2.75, 3.05) is 14.2 Å². The molecule has 1 N–H and O–H groups in total. The third-order valence-corrected chi connectivity index (χ3v) is 3.27. The van der Waals surface area contributed by atoms with Crippen molar-refractivity contribution in [2.24, 2.45) is 5.41 Å². The molecule has 2 heteroatoms. The molecule has 0 heterocycles. The smallest absolute Gasteiger partial charge is 0.119 e. The highest BCUT2D eigenvalue weighted by Gasteiger charge is 2.14. The number of methoxy groups -OCH3 is 1. The van der Waals surface area contributed by atoms with Crippen LogP contribution in [0.5, 0.6) is 5.75 Å². The first kappa shape index (κ1) is 15.0. The van der Waals surface area contributed by atoms with Crippen LogP contribution in [0.3, 0.4) is 0 Å². The predicted molar refractivity (Wildman–Crippen MR) is 78.2 cm³/mol. The van der Waals surface area contributed by atoms with E-state index < -0.39 is 0 Å². The number of ether oxygens (including phenoxy) is 1. The van der Waals surface area contributed by atoms with Gasteiger partial charge in [-0.3, -0.25) is 0 Å². The van der Waals surface area contributed by atoms with Crippen molar-refractivity contribution in [3.8, 4) is 5.75 Å². The van der Waals surface area contributed by atoms with E-state index in [0.717, 1.165) is 12.2 Å². The van der Waals surface area contributed by atoms with Gasteiger partial charge in [-0.1, -0.05) is 32.9 Å². The van der Waals surface area contributed by atoms with E-state index in [4.69, 9.17) is 4.74 Å². The fourth-order valence-corrected chi connectivity index (χ4v) is 2.04. The minimum atomic E-state index is 0.406. The molecule has 0 spiro atoms. The lowest BCUT2D eigenvalue weighted by molar-refractivity contribution is 0.334. The van der Waals surface area contributed by atoms with Crippen molar-refractivity contribution in [1.82, 2.24) is 5.32 Å². The lowest BCUT2D eigenvalue weighted by atomic mass is 9.87. The van der Waals surface area contributed by atoms with E-state index in [1.54, 1.807) is 7.11 Å². The Morgan fingerprint density at radius 1 is 1.28 bits per heavy atom. The summed E-state index contributed by atoms with van der Waals surface area (Å²) in [6.45, 7) is 6.89. The molecule has 0 amide bonds. The number of hydrogen-bond donors (Lipinski definition) is 1. The molecule has 0 radical (unpaired) electrons. The minimum Gasteiger partial charge on any atom is -0.497 e. The quantitative estimate of drug-likeness (QED) is 0.831. The number of nitrogens with one attached hydrogen (secondary N) is 1. The summed E-state index contributed by atoms with van der Waals surface area (Å²) in [6, 6.07) is 8.89. The Bertz CT molecular complexity index is 354. The zero-order valence-corrected chi connectivity index (χ0v) is 12.4. The maximum absolute atomic E-state index is 5.26. The lowest BCUT2D eigenvalue weighted by Gasteiger charge is -2.23. The van der Waals surface area contributed by atoms with Gasteiger partial charge in [0.15, 0.2) is 0 Å². The molecule has 102 valence electrons. The van der Waals surface area contributed by atoms with Crippen LogP contribution in [0.25, 0.3) is 0 Å². The van der Waals surface area contributed by atoms with E-state index in [0.29, 0.717) is 11.5 Å². The summed E-state index contributed by atoms with van der Waals surface area (Å²) in [5.74, 6) is 0.943. The van der Waals surface area contributed by atoms with Crippen LogP contribution in [0, 0.1) is 5.41 Å². The second-order valence-electron chi connectivity index (χ2n) is 6.14. The van der Waals surface area contributed by atoms with Gasteiger partial charge in [0.2, 0.25) is 0 Å². The third-order valence-electron chi connectivity index (χ3n) is 3.27. The molecule has 1 aromatic carbocycles. The minimum absolute atomic E-state index is 0.406.